The maximum absolute atomic E-state index is 11.9. The van der Waals surface area contributed by atoms with Crippen molar-refractivity contribution in [1.82, 2.24) is 15.5 Å². The van der Waals surface area contributed by atoms with Gasteiger partial charge in [-0.15, -0.1) is 0 Å². The molecule has 5 nitrogen and oxygen atoms in total. The van der Waals surface area contributed by atoms with Gasteiger partial charge in [-0.1, -0.05) is 0 Å². The SMILES string of the molecule is N=C(/C=C1/CNCCCN1)C(=O)N1CCCC1. The molecular weight excluding hydrogens is 216 g/mol. The van der Waals surface area contributed by atoms with Crippen molar-refractivity contribution in [3.63, 3.8) is 0 Å². The van der Waals surface area contributed by atoms with Crippen LogP contribution in [0.1, 0.15) is 19.3 Å². The average Bonchev–Trinajstić information content (AvgIpc) is 2.74. The first-order valence-corrected chi connectivity index (χ1v) is 6.30. The zero-order chi connectivity index (χ0) is 12.1. The molecule has 0 aromatic carbocycles. The van der Waals surface area contributed by atoms with Gasteiger partial charge in [0, 0.05) is 31.9 Å². The molecule has 0 spiro atoms. The van der Waals surface area contributed by atoms with Crippen LogP contribution >= 0.6 is 0 Å². The Kier molecular flexibility index (Phi) is 4.14. The van der Waals surface area contributed by atoms with Crippen LogP contribution in [0.5, 0.6) is 0 Å². The highest BCUT2D eigenvalue weighted by Gasteiger charge is 2.20. The molecule has 2 heterocycles. The van der Waals surface area contributed by atoms with E-state index in [9.17, 15) is 4.79 Å². The molecule has 0 aliphatic carbocycles. The smallest absolute Gasteiger partial charge is 0.271 e. The summed E-state index contributed by atoms with van der Waals surface area (Å²) in [6.07, 6.45) is 4.87. The van der Waals surface area contributed by atoms with Gasteiger partial charge in [0.15, 0.2) is 0 Å². The van der Waals surface area contributed by atoms with E-state index in [1.807, 2.05) is 0 Å². The molecule has 0 aromatic heterocycles. The van der Waals surface area contributed by atoms with E-state index >= 15 is 0 Å². The first kappa shape index (κ1) is 12.1. The monoisotopic (exact) mass is 236 g/mol. The maximum Gasteiger partial charge on any atom is 0.271 e. The Morgan fingerprint density at radius 2 is 2.00 bits per heavy atom. The molecule has 2 aliphatic heterocycles. The van der Waals surface area contributed by atoms with Gasteiger partial charge >= 0.3 is 0 Å². The van der Waals surface area contributed by atoms with Gasteiger partial charge < -0.3 is 15.5 Å². The number of nitrogens with one attached hydrogen (secondary N) is 3. The van der Waals surface area contributed by atoms with Crippen LogP contribution in [0.4, 0.5) is 0 Å². The number of carbonyl (C=O) groups excluding carboxylic acids is 1. The summed E-state index contributed by atoms with van der Waals surface area (Å²) < 4.78 is 0. The Hall–Kier alpha value is -1.36. The first-order chi connectivity index (χ1) is 8.27. The third kappa shape index (κ3) is 3.30. The van der Waals surface area contributed by atoms with Crippen LogP contribution in [0.15, 0.2) is 11.8 Å². The summed E-state index contributed by atoms with van der Waals surface area (Å²) >= 11 is 0. The second-order valence-corrected chi connectivity index (χ2v) is 4.54. The van der Waals surface area contributed by atoms with E-state index in [1.54, 1.807) is 11.0 Å². The molecule has 1 amide bonds. The largest absolute Gasteiger partial charge is 0.387 e. The van der Waals surface area contributed by atoms with Crippen LogP contribution < -0.4 is 10.6 Å². The van der Waals surface area contributed by atoms with Crippen LogP contribution in [0, 0.1) is 5.41 Å². The highest BCUT2D eigenvalue weighted by atomic mass is 16.2. The lowest BCUT2D eigenvalue weighted by Gasteiger charge is -2.15. The molecule has 2 fully saturated rings. The van der Waals surface area contributed by atoms with Gasteiger partial charge in [-0.3, -0.25) is 10.2 Å². The molecule has 0 bridgehead atoms. The summed E-state index contributed by atoms with van der Waals surface area (Å²) in [4.78, 5) is 13.7. The molecule has 0 atom stereocenters. The second kappa shape index (κ2) is 5.82. The number of carbonyl (C=O) groups is 1. The predicted octanol–water partition coefficient (Wildman–Crippen LogP) is 0.0954. The minimum absolute atomic E-state index is 0.0955. The fourth-order valence-corrected chi connectivity index (χ4v) is 2.18. The van der Waals surface area contributed by atoms with E-state index in [-0.39, 0.29) is 11.6 Å². The summed E-state index contributed by atoms with van der Waals surface area (Å²) in [6.45, 7) is 4.21. The lowest BCUT2D eigenvalue weighted by atomic mass is 10.2. The van der Waals surface area contributed by atoms with Gasteiger partial charge in [-0.05, 0) is 31.9 Å². The Bertz CT molecular complexity index is 321. The van der Waals surface area contributed by atoms with Crippen molar-refractivity contribution >= 4 is 11.6 Å². The fourth-order valence-electron chi connectivity index (χ4n) is 2.18. The Morgan fingerprint density at radius 3 is 2.76 bits per heavy atom. The van der Waals surface area contributed by atoms with Gasteiger partial charge in [-0.25, -0.2) is 0 Å². The molecule has 0 radical (unpaired) electrons. The van der Waals surface area contributed by atoms with Crippen molar-refractivity contribution in [2.24, 2.45) is 0 Å². The number of rotatable bonds is 2. The highest BCUT2D eigenvalue weighted by Crippen LogP contribution is 2.08. The van der Waals surface area contributed by atoms with Gasteiger partial charge in [0.25, 0.3) is 5.91 Å². The van der Waals surface area contributed by atoms with Gasteiger partial charge in [0.05, 0.1) is 0 Å². The van der Waals surface area contributed by atoms with E-state index in [2.05, 4.69) is 10.6 Å². The van der Waals surface area contributed by atoms with E-state index in [1.165, 1.54) is 0 Å². The van der Waals surface area contributed by atoms with Crippen LogP contribution in [0.2, 0.25) is 0 Å². The number of likely N-dealkylation sites (tertiary alicyclic amines) is 1. The van der Waals surface area contributed by atoms with Crippen molar-refractivity contribution in [3.05, 3.63) is 11.8 Å². The number of amides is 1. The zero-order valence-electron chi connectivity index (χ0n) is 10.1. The molecule has 0 unspecified atom stereocenters. The normalized spacial score (nSPS) is 23.3. The maximum atomic E-state index is 11.9. The minimum Gasteiger partial charge on any atom is -0.387 e. The number of nitrogens with zero attached hydrogens (tertiary/aromatic N) is 1. The number of hydrogen-bond acceptors (Lipinski definition) is 4. The predicted molar refractivity (Wildman–Crippen MR) is 67.1 cm³/mol. The van der Waals surface area contributed by atoms with Crippen molar-refractivity contribution < 1.29 is 4.79 Å². The third-order valence-corrected chi connectivity index (χ3v) is 3.14. The molecule has 17 heavy (non-hydrogen) atoms. The average molecular weight is 236 g/mol. The van der Waals surface area contributed by atoms with Crippen molar-refractivity contribution in [2.75, 3.05) is 32.7 Å². The van der Waals surface area contributed by atoms with Gasteiger partial charge in [0.1, 0.15) is 5.71 Å². The fraction of sp³-hybridized carbons (Fsp3) is 0.667. The van der Waals surface area contributed by atoms with Crippen molar-refractivity contribution in [1.29, 1.82) is 5.41 Å². The van der Waals surface area contributed by atoms with Crippen LogP contribution in [-0.4, -0.2) is 49.2 Å². The Labute approximate surface area is 102 Å². The molecule has 3 N–H and O–H groups in total. The summed E-state index contributed by atoms with van der Waals surface area (Å²) in [7, 11) is 0. The van der Waals surface area contributed by atoms with Crippen LogP contribution in [0.25, 0.3) is 0 Å². The minimum atomic E-state index is -0.138. The molecule has 5 heteroatoms. The highest BCUT2D eigenvalue weighted by molar-refractivity contribution is 6.42. The van der Waals surface area contributed by atoms with Crippen molar-refractivity contribution in [2.45, 2.75) is 19.3 Å². The number of hydrogen-bond donors (Lipinski definition) is 3. The molecule has 2 saturated heterocycles. The Morgan fingerprint density at radius 1 is 1.24 bits per heavy atom. The molecule has 94 valence electrons. The Balaban J connectivity index is 1.94. The molecule has 0 saturated carbocycles. The summed E-state index contributed by atoms with van der Waals surface area (Å²) in [5, 5.41) is 14.3. The van der Waals surface area contributed by atoms with Gasteiger partial charge in [0.2, 0.25) is 0 Å². The standard InChI is InChI=1S/C12H20N4O/c13-11(12(17)16-6-1-2-7-16)8-10-9-14-4-3-5-15-10/h8,13-15H,1-7,9H2/b10-8-,13-11?. The summed E-state index contributed by atoms with van der Waals surface area (Å²) in [5.41, 5.74) is 1.04. The van der Waals surface area contributed by atoms with Crippen molar-refractivity contribution in [3.8, 4) is 0 Å². The van der Waals surface area contributed by atoms with E-state index in [0.29, 0.717) is 0 Å². The quantitative estimate of drug-likeness (QED) is 0.595. The van der Waals surface area contributed by atoms with Crippen LogP contribution in [0.3, 0.4) is 0 Å². The zero-order valence-corrected chi connectivity index (χ0v) is 10.1. The lowest BCUT2D eigenvalue weighted by Crippen LogP contribution is -2.33. The van der Waals surface area contributed by atoms with Crippen LogP contribution in [-0.2, 0) is 4.79 Å². The lowest BCUT2D eigenvalue weighted by molar-refractivity contribution is -0.123. The van der Waals surface area contributed by atoms with E-state index in [0.717, 1.165) is 57.7 Å². The molecule has 0 aromatic rings. The first-order valence-electron chi connectivity index (χ1n) is 6.30. The molecule has 2 aliphatic rings. The molecular formula is C12H20N4O. The molecule has 2 rings (SSSR count). The van der Waals surface area contributed by atoms with Gasteiger partial charge in [-0.2, -0.15) is 0 Å². The summed E-state index contributed by atoms with van der Waals surface area (Å²) in [6, 6.07) is 0. The summed E-state index contributed by atoms with van der Waals surface area (Å²) in [5.74, 6) is -0.138. The topological polar surface area (TPSA) is 68.2 Å². The third-order valence-electron chi connectivity index (χ3n) is 3.14. The van der Waals surface area contributed by atoms with E-state index < -0.39 is 0 Å². The van der Waals surface area contributed by atoms with E-state index in [4.69, 9.17) is 5.41 Å². The second-order valence-electron chi connectivity index (χ2n) is 4.54.